The minimum Gasteiger partial charge on any atom is -0.335 e. The molecule has 1 atom stereocenters. The van der Waals surface area contributed by atoms with Crippen LogP contribution in [0.25, 0.3) is 11.1 Å². The third kappa shape index (κ3) is 3.56. The second kappa shape index (κ2) is 7.85. The molecule has 1 aliphatic heterocycles. The Kier molecular flexibility index (Phi) is 5.41. The summed E-state index contributed by atoms with van der Waals surface area (Å²) in [6, 6.07) is 11.7. The first-order valence-corrected chi connectivity index (χ1v) is 10.5. The molecule has 0 aliphatic carbocycles. The fraction of sp³-hybridized carbons (Fsp3) is 0.304. The number of carbonyl (C=O) groups excluding carboxylic acids is 1. The molecular formula is C23H23Cl2N3O. The number of aromatic amines is 1. The lowest BCUT2D eigenvalue weighted by Crippen LogP contribution is -2.40. The number of aryl methyl sites for hydroxylation is 2. The van der Waals surface area contributed by atoms with E-state index in [1.807, 2.05) is 18.7 Å². The molecule has 2 heterocycles. The van der Waals surface area contributed by atoms with Crippen LogP contribution in [-0.2, 0) is 17.6 Å². The van der Waals surface area contributed by atoms with Crippen LogP contribution < -0.4 is 0 Å². The van der Waals surface area contributed by atoms with Gasteiger partial charge in [-0.1, -0.05) is 47.5 Å². The zero-order valence-electron chi connectivity index (χ0n) is 16.7. The summed E-state index contributed by atoms with van der Waals surface area (Å²) in [5.41, 5.74) is 7.61. The predicted octanol–water partition coefficient (Wildman–Crippen LogP) is 5.69. The van der Waals surface area contributed by atoms with Gasteiger partial charge < -0.3 is 4.90 Å². The van der Waals surface area contributed by atoms with E-state index in [-0.39, 0.29) is 18.4 Å². The van der Waals surface area contributed by atoms with Crippen molar-refractivity contribution in [3.05, 3.63) is 74.5 Å². The quantitative estimate of drug-likeness (QED) is 0.583. The first-order valence-electron chi connectivity index (χ1n) is 9.74. The van der Waals surface area contributed by atoms with Gasteiger partial charge in [-0.25, -0.2) is 0 Å². The van der Waals surface area contributed by atoms with Crippen LogP contribution in [0.4, 0.5) is 0 Å². The number of aromatic nitrogens is 2. The fourth-order valence-electron chi connectivity index (χ4n) is 4.35. The molecule has 0 saturated heterocycles. The molecule has 150 valence electrons. The normalized spacial score (nSPS) is 16.0. The number of nitrogens with zero attached hydrogens (tertiary/aromatic N) is 2. The number of H-pyrrole nitrogens is 1. The highest BCUT2D eigenvalue weighted by atomic mass is 35.5. The maximum atomic E-state index is 13.1. The summed E-state index contributed by atoms with van der Waals surface area (Å²) < 4.78 is 0. The van der Waals surface area contributed by atoms with Gasteiger partial charge in [-0.05, 0) is 61.6 Å². The van der Waals surface area contributed by atoms with E-state index < -0.39 is 0 Å². The Hall–Kier alpha value is -2.30. The molecule has 1 aliphatic rings. The van der Waals surface area contributed by atoms with E-state index in [0.717, 1.165) is 23.4 Å². The zero-order valence-corrected chi connectivity index (χ0v) is 18.2. The highest BCUT2D eigenvalue weighted by molar-refractivity contribution is 6.36. The Bertz CT molecular complexity index is 1050. The van der Waals surface area contributed by atoms with Gasteiger partial charge in [0.2, 0.25) is 5.91 Å². The summed E-state index contributed by atoms with van der Waals surface area (Å²) in [5.74, 6) is 0.0409. The molecule has 4 nitrogen and oxygen atoms in total. The van der Waals surface area contributed by atoms with Gasteiger partial charge in [-0.15, -0.1) is 0 Å². The van der Waals surface area contributed by atoms with Gasteiger partial charge in [0.05, 0.1) is 18.2 Å². The van der Waals surface area contributed by atoms with Gasteiger partial charge in [-0.2, -0.15) is 5.10 Å². The molecular weight excluding hydrogens is 405 g/mol. The third-order valence-electron chi connectivity index (χ3n) is 5.84. The first-order chi connectivity index (χ1) is 13.9. The summed E-state index contributed by atoms with van der Waals surface area (Å²) in [7, 11) is 0. The number of carbonyl (C=O) groups is 1. The van der Waals surface area contributed by atoms with Gasteiger partial charge in [0.25, 0.3) is 0 Å². The number of hydrogen-bond acceptors (Lipinski definition) is 2. The van der Waals surface area contributed by atoms with Crippen LogP contribution in [0, 0.1) is 13.8 Å². The summed E-state index contributed by atoms with van der Waals surface area (Å²) in [5, 5.41) is 8.49. The Labute approximate surface area is 180 Å². The lowest BCUT2D eigenvalue weighted by Gasteiger charge is -2.36. The van der Waals surface area contributed by atoms with E-state index in [1.165, 1.54) is 16.7 Å². The monoisotopic (exact) mass is 427 g/mol. The average molecular weight is 428 g/mol. The maximum absolute atomic E-state index is 13.1. The Morgan fingerprint density at radius 2 is 1.86 bits per heavy atom. The lowest BCUT2D eigenvalue weighted by molar-refractivity contribution is -0.133. The van der Waals surface area contributed by atoms with Gasteiger partial charge in [-0.3, -0.25) is 9.89 Å². The highest BCUT2D eigenvalue weighted by Gasteiger charge is 2.30. The summed E-state index contributed by atoms with van der Waals surface area (Å²) in [6.45, 7) is 6.82. The maximum Gasteiger partial charge on any atom is 0.227 e. The lowest BCUT2D eigenvalue weighted by atomic mass is 9.86. The molecule has 0 spiro atoms. The van der Waals surface area contributed by atoms with Crippen LogP contribution in [-0.4, -0.2) is 27.5 Å². The molecule has 2 aromatic carbocycles. The van der Waals surface area contributed by atoms with Crippen LogP contribution in [0.2, 0.25) is 10.0 Å². The van der Waals surface area contributed by atoms with Crippen molar-refractivity contribution in [3.8, 4) is 11.1 Å². The van der Waals surface area contributed by atoms with Crippen molar-refractivity contribution in [2.24, 2.45) is 0 Å². The fourth-order valence-corrected chi connectivity index (χ4v) is 4.88. The summed E-state index contributed by atoms with van der Waals surface area (Å²) in [4.78, 5) is 15.0. The Morgan fingerprint density at radius 3 is 2.52 bits per heavy atom. The molecule has 0 bridgehead atoms. The van der Waals surface area contributed by atoms with Crippen molar-refractivity contribution in [2.45, 2.75) is 39.7 Å². The Morgan fingerprint density at radius 1 is 1.17 bits per heavy atom. The molecule has 0 fully saturated rings. The topological polar surface area (TPSA) is 49.0 Å². The molecule has 1 amide bonds. The van der Waals surface area contributed by atoms with E-state index in [1.54, 1.807) is 18.2 Å². The second-order valence-electron chi connectivity index (χ2n) is 7.57. The number of nitrogens with one attached hydrogen (secondary N) is 1. The van der Waals surface area contributed by atoms with Crippen molar-refractivity contribution in [1.29, 1.82) is 0 Å². The average Bonchev–Trinajstić information content (AvgIpc) is 3.03. The molecule has 3 aromatic rings. The van der Waals surface area contributed by atoms with Crippen LogP contribution in [0.3, 0.4) is 0 Å². The number of halogens is 2. The van der Waals surface area contributed by atoms with Gasteiger partial charge >= 0.3 is 0 Å². The standard InChI is InChI=1S/C23H23Cl2N3O/c1-13-23(14(2)27-26-13)18-7-4-6-16-15(3)28(11-10-17(16)18)22(29)12-19-20(24)8-5-9-21(19)25/h4-9,15H,10-12H2,1-3H3,(H,26,27)/t15-/m0/s1. The third-order valence-corrected chi connectivity index (χ3v) is 6.55. The predicted molar refractivity (Wildman–Crippen MR) is 117 cm³/mol. The SMILES string of the molecule is Cc1n[nH]c(C)c1-c1cccc2c1CCN(C(=O)Cc1c(Cl)cccc1Cl)[C@H]2C. The van der Waals surface area contributed by atoms with Crippen molar-refractivity contribution < 1.29 is 4.79 Å². The van der Waals surface area contributed by atoms with Crippen LogP contribution in [0.1, 0.15) is 41.0 Å². The van der Waals surface area contributed by atoms with Crippen molar-refractivity contribution in [2.75, 3.05) is 6.54 Å². The summed E-state index contributed by atoms with van der Waals surface area (Å²) >= 11 is 12.5. The van der Waals surface area contributed by atoms with Crippen molar-refractivity contribution >= 4 is 29.1 Å². The number of benzene rings is 2. The van der Waals surface area contributed by atoms with Crippen LogP contribution >= 0.6 is 23.2 Å². The molecule has 4 rings (SSSR count). The number of fused-ring (bicyclic) bond motifs is 1. The molecule has 1 aromatic heterocycles. The molecule has 0 saturated carbocycles. The van der Waals surface area contributed by atoms with Gasteiger partial charge in [0.15, 0.2) is 0 Å². The van der Waals surface area contributed by atoms with Gasteiger partial charge in [0, 0.05) is 27.8 Å². The van der Waals surface area contributed by atoms with Gasteiger partial charge in [0.1, 0.15) is 0 Å². The Balaban J connectivity index is 1.65. The molecule has 1 N–H and O–H groups in total. The van der Waals surface area contributed by atoms with E-state index in [4.69, 9.17) is 23.2 Å². The van der Waals surface area contributed by atoms with E-state index >= 15 is 0 Å². The number of amides is 1. The summed E-state index contributed by atoms with van der Waals surface area (Å²) in [6.07, 6.45) is 1.01. The minimum atomic E-state index is -0.0139. The molecule has 0 radical (unpaired) electrons. The van der Waals surface area contributed by atoms with Crippen molar-refractivity contribution in [3.63, 3.8) is 0 Å². The number of rotatable bonds is 3. The second-order valence-corrected chi connectivity index (χ2v) is 8.39. The molecule has 29 heavy (non-hydrogen) atoms. The molecule has 0 unspecified atom stereocenters. The van der Waals surface area contributed by atoms with Crippen LogP contribution in [0.15, 0.2) is 36.4 Å². The number of hydrogen-bond donors (Lipinski definition) is 1. The van der Waals surface area contributed by atoms with E-state index in [0.29, 0.717) is 22.2 Å². The van der Waals surface area contributed by atoms with Crippen molar-refractivity contribution in [1.82, 2.24) is 15.1 Å². The largest absolute Gasteiger partial charge is 0.335 e. The van der Waals surface area contributed by atoms with E-state index in [2.05, 4.69) is 35.3 Å². The highest BCUT2D eigenvalue weighted by Crippen LogP contribution is 2.38. The first kappa shape index (κ1) is 20.0. The van der Waals surface area contributed by atoms with Crippen LogP contribution in [0.5, 0.6) is 0 Å². The van der Waals surface area contributed by atoms with E-state index in [9.17, 15) is 4.79 Å². The smallest absolute Gasteiger partial charge is 0.227 e. The minimum absolute atomic E-state index is 0.0139. The molecule has 6 heteroatoms. The zero-order chi connectivity index (χ0) is 20.7.